The van der Waals surface area contributed by atoms with Crippen LogP contribution in [0.1, 0.15) is 41.6 Å². The molecule has 5 heteroatoms. The van der Waals surface area contributed by atoms with Gasteiger partial charge in [0.1, 0.15) is 0 Å². The minimum absolute atomic E-state index is 0.0498. The third-order valence-corrected chi connectivity index (χ3v) is 5.20. The van der Waals surface area contributed by atoms with Gasteiger partial charge in [-0.2, -0.15) is 0 Å². The molecule has 0 fully saturated rings. The highest BCUT2D eigenvalue weighted by molar-refractivity contribution is 7.10. The monoisotopic (exact) mass is 404 g/mol. The van der Waals surface area contributed by atoms with Crippen LogP contribution in [0.15, 0.2) is 72.1 Å². The predicted octanol–water partition coefficient (Wildman–Crippen LogP) is 5.95. The molecule has 2 aromatic carbocycles. The van der Waals surface area contributed by atoms with E-state index in [1.807, 2.05) is 41.8 Å². The smallest absolute Gasteiger partial charge is 0.255 e. The summed E-state index contributed by atoms with van der Waals surface area (Å²) in [7, 11) is 0. The summed E-state index contributed by atoms with van der Waals surface area (Å²) in [5.41, 5.74) is 3.17. The second-order valence-corrected chi connectivity index (χ2v) is 8.68. The number of hydrogen-bond acceptors (Lipinski definition) is 3. The molecule has 2 N–H and O–H groups in total. The van der Waals surface area contributed by atoms with Gasteiger partial charge in [-0.3, -0.25) is 9.59 Å². The molecule has 0 aliphatic carbocycles. The Hall–Kier alpha value is -3.18. The van der Waals surface area contributed by atoms with Gasteiger partial charge < -0.3 is 10.6 Å². The van der Waals surface area contributed by atoms with Crippen LogP contribution >= 0.6 is 11.3 Å². The van der Waals surface area contributed by atoms with Crippen LogP contribution in [0.3, 0.4) is 0 Å². The predicted molar refractivity (Wildman–Crippen MR) is 122 cm³/mol. The van der Waals surface area contributed by atoms with Crippen LogP contribution in [0.5, 0.6) is 0 Å². The Kier molecular flexibility index (Phi) is 6.29. The van der Waals surface area contributed by atoms with Gasteiger partial charge in [-0.25, -0.2) is 0 Å². The van der Waals surface area contributed by atoms with E-state index in [4.69, 9.17) is 0 Å². The highest BCUT2D eigenvalue weighted by atomic mass is 32.1. The zero-order valence-electron chi connectivity index (χ0n) is 16.7. The van der Waals surface area contributed by atoms with Crippen molar-refractivity contribution in [2.24, 2.45) is 0 Å². The molecule has 29 heavy (non-hydrogen) atoms. The van der Waals surface area contributed by atoms with Gasteiger partial charge in [-0.05, 0) is 64.9 Å². The van der Waals surface area contributed by atoms with E-state index >= 15 is 0 Å². The summed E-state index contributed by atoms with van der Waals surface area (Å²) >= 11 is 1.57. The van der Waals surface area contributed by atoms with Gasteiger partial charge >= 0.3 is 0 Å². The van der Waals surface area contributed by atoms with Crippen LogP contribution in [0.4, 0.5) is 11.4 Å². The average Bonchev–Trinajstić information content (AvgIpc) is 3.21. The Morgan fingerprint density at radius 1 is 0.862 bits per heavy atom. The number of amides is 2. The maximum atomic E-state index is 12.4. The van der Waals surface area contributed by atoms with Crippen molar-refractivity contribution in [1.82, 2.24) is 0 Å². The third kappa shape index (κ3) is 5.90. The fraction of sp³-hybridized carbons (Fsp3) is 0.167. The molecule has 3 rings (SSSR count). The minimum atomic E-state index is -0.200. The molecule has 0 unspecified atom stereocenters. The molecular formula is C24H24N2O2S. The fourth-order valence-electron chi connectivity index (χ4n) is 2.69. The lowest BCUT2D eigenvalue weighted by Gasteiger charge is -2.19. The van der Waals surface area contributed by atoms with Crippen molar-refractivity contribution < 1.29 is 9.59 Å². The molecule has 0 aliphatic rings. The lowest BCUT2D eigenvalue weighted by molar-refractivity contribution is -0.111. The molecule has 148 valence electrons. The Balaban J connectivity index is 1.57. The largest absolute Gasteiger partial charge is 0.323 e. The first-order valence-electron chi connectivity index (χ1n) is 9.36. The number of carbonyl (C=O) groups is 2. The number of carbonyl (C=O) groups excluding carboxylic acids is 2. The van der Waals surface area contributed by atoms with E-state index in [9.17, 15) is 9.59 Å². The molecule has 4 nitrogen and oxygen atoms in total. The molecule has 0 radical (unpaired) electrons. The van der Waals surface area contributed by atoms with Crippen molar-refractivity contribution in [3.05, 3.63) is 88.1 Å². The summed E-state index contributed by atoms with van der Waals surface area (Å²) in [6.45, 7) is 6.42. The first-order chi connectivity index (χ1) is 13.8. The molecule has 0 aliphatic heterocycles. The van der Waals surface area contributed by atoms with Crippen molar-refractivity contribution in [3.8, 4) is 0 Å². The van der Waals surface area contributed by atoms with Crippen molar-refractivity contribution in [2.45, 2.75) is 26.2 Å². The average molecular weight is 405 g/mol. The topological polar surface area (TPSA) is 58.2 Å². The van der Waals surface area contributed by atoms with Gasteiger partial charge in [0.05, 0.1) is 0 Å². The van der Waals surface area contributed by atoms with Crippen molar-refractivity contribution >= 4 is 40.6 Å². The van der Waals surface area contributed by atoms with Gasteiger partial charge in [0.25, 0.3) is 5.91 Å². The van der Waals surface area contributed by atoms with E-state index in [1.165, 1.54) is 11.6 Å². The number of thiophene rings is 1. The van der Waals surface area contributed by atoms with Gasteiger partial charge in [0, 0.05) is 27.9 Å². The SMILES string of the molecule is CC(C)(C)c1ccc(C(=O)Nc2ccc(NC(=O)/C=C/c3cccs3)cc2)cc1. The molecule has 1 heterocycles. The van der Waals surface area contributed by atoms with Gasteiger partial charge in [0.2, 0.25) is 5.91 Å². The molecule has 0 saturated carbocycles. The zero-order valence-corrected chi connectivity index (χ0v) is 17.5. The van der Waals surface area contributed by atoms with Crippen LogP contribution in [-0.4, -0.2) is 11.8 Å². The second kappa shape index (κ2) is 8.88. The van der Waals surface area contributed by atoms with Crippen molar-refractivity contribution in [1.29, 1.82) is 0 Å². The Morgan fingerprint density at radius 3 is 2.03 bits per heavy atom. The van der Waals surface area contributed by atoms with Crippen LogP contribution < -0.4 is 10.6 Å². The van der Waals surface area contributed by atoms with E-state index < -0.39 is 0 Å². The van der Waals surface area contributed by atoms with E-state index in [-0.39, 0.29) is 17.2 Å². The summed E-state index contributed by atoms with van der Waals surface area (Å²) in [6.07, 6.45) is 3.28. The van der Waals surface area contributed by atoms with E-state index in [1.54, 1.807) is 41.7 Å². The standard InChI is InChI=1S/C24H24N2O2S/c1-24(2,3)18-8-6-17(7-9-18)23(28)26-20-12-10-19(11-13-20)25-22(27)15-14-21-5-4-16-29-21/h4-16H,1-3H3,(H,25,27)(H,26,28)/b15-14+. The highest BCUT2D eigenvalue weighted by Gasteiger charge is 2.14. The number of rotatable bonds is 5. The van der Waals surface area contributed by atoms with E-state index in [2.05, 4.69) is 31.4 Å². The van der Waals surface area contributed by atoms with Crippen molar-refractivity contribution in [2.75, 3.05) is 10.6 Å². The molecule has 3 aromatic rings. The fourth-order valence-corrected chi connectivity index (χ4v) is 3.31. The first-order valence-corrected chi connectivity index (χ1v) is 10.2. The number of benzene rings is 2. The van der Waals surface area contributed by atoms with Gasteiger partial charge in [-0.1, -0.05) is 39.0 Å². The molecule has 1 aromatic heterocycles. The zero-order chi connectivity index (χ0) is 20.9. The summed E-state index contributed by atoms with van der Waals surface area (Å²) in [4.78, 5) is 25.5. The van der Waals surface area contributed by atoms with Crippen LogP contribution in [0.25, 0.3) is 6.08 Å². The third-order valence-electron chi connectivity index (χ3n) is 4.37. The van der Waals surface area contributed by atoms with Gasteiger partial charge in [-0.15, -0.1) is 11.3 Å². The number of nitrogens with one attached hydrogen (secondary N) is 2. The van der Waals surface area contributed by atoms with Crippen LogP contribution in [-0.2, 0) is 10.2 Å². The Morgan fingerprint density at radius 2 is 1.48 bits per heavy atom. The normalized spacial score (nSPS) is 11.4. The second-order valence-electron chi connectivity index (χ2n) is 7.70. The van der Waals surface area contributed by atoms with Crippen molar-refractivity contribution in [3.63, 3.8) is 0 Å². The Bertz CT molecular complexity index is 997. The summed E-state index contributed by atoms with van der Waals surface area (Å²) in [5.74, 6) is -0.366. The summed E-state index contributed by atoms with van der Waals surface area (Å²) < 4.78 is 0. The highest BCUT2D eigenvalue weighted by Crippen LogP contribution is 2.22. The lowest BCUT2D eigenvalue weighted by Crippen LogP contribution is -2.14. The van der Waals surface area contributed by atoms with E-state index in [0.29, 0.717) is 16.9 Å². The van der Waals surface area contributed by atoms with E-state index in [0.717, 1.165) is 4.88 Å². The van der Waals surface area contributed by atoms with Gasteiger partial charge in [0.15, 0.2) is 0 Å². The molecule has 0 saturated heterocycles. The molecule has 2 amide bonds. The van der Waals surface area contributed by atoms with Crippen LogP contribution in [0, 0.1) is 0 Å². The Labute approximate surface area is 175 Å². The maximum Gasteiger partial charge on any atom is 0.255 e. The maximum absolute atomic E-state index is 12.4. The van der Waals surface area contributed by atoms with Crippen LogP contribution in [0.2, 0.25) is 0 Å². The number of hydrogen-bond donors (Lipinski definition) is 2. The summed E-state index contributed by atoms with van der Waals surface area (Å²) in [6, 6.07) is 18.6. The molecular weight excluding hydrogens is 380 g/mol. The number of anilines is 2. The minimum Gasteiger partial charge on any atom is -0.323 e. The summed E-state index contributed by atoms with van der Waals surface area (Å²) in [5, 5.41) is 7.64. The lowest BCUT2D eigenvalue weighted by atomic mass is 9.87. The first kappa shape index (κ1) is 20.6. The molecule has 0 bridgehead atoms. The molecule has 0 atom stereocenters. The molecule has 0 spiro atoms. The quantitative estimate of drug-likeness (QED) is 0.516.